The van der Waals surface area contributed by atoms with E-state index in [1.54, 1.807) is 18.3 Å². The Labute approximate surface area is 106 Å². The van der Waals surface area contributed by atoms with Crippen LogP contribution in [0.2, 0.25) is 0 Å². The minimum atomic E-state index is -0.736. The van der Waals surface area contributed by atoms with Crippen LogP contribution in [0, 0.1) is 11.6 Å². The Morgan fingerprint density at radius 1 is 1.05 bits per heavy atom. The van der Waals surface area contributed by atoms with Crippen molar-refractivity contribution >= 4 is 11.7 Å². The van der Waals surface area contributed by atoms with Crippen LogP contribution in [0.5, 0.6) is 0 Å². The first-order chi connectivity index (χ1) is 9.24. The summed E-state index contributed by atoms with van der Waals surface area (Å²) in [5.41, 5.74) is 0.291. The van der Waals surface area contributed by atoms with Crippen molar-refractivity contribution in [2.24, 2.45) is 0 Å². The summed E-state index contributed by atoms with van der Waals surface area (Å²) in [7, 11) is 0. The summed E-state index contributed by atoms with van der Waals surface area (Å²) < 4.78 is 32.1. The first-order valence-electron chi connectivity index (χ1n) is 5.42. The summed E-state index contributed by atoms with van der Waals surface area (Å²) in [6.45, 7) is 0. The van der Waals surface area contributed by atoms with E-state index >= 15 is 0 Å². The molecule has 3 aromatic rings. The Bertz CT molecular complexity index is 673. The smallest absolute Gasteiger partial charge is 0.320 e. The number of halogens is 2. The summed E-state index contributed by atoms with van der Waals surface area (Å²) in [5.74, 6) is -1.25. The van der Waals surface area contributed by atoms with Crippen molar-refractivity contribution in [1.82, 2.24) is 15.2 Å². The highest BCUT2D eigenvalue weighted by molar-refractivity contribution is 5.55. The van der Waals surface area contributed by atoms with E-state index in [1.165, 1.54) is 6.07 Å². The number of H-pyrrole nitrogens is 1. The monoisotopic (exact) mass is 262 g/mol. The average molecular weight is 262 g/mol. The molecule has 0 aliphatic heterocycles. The van der Waals surface area contributed by atoms with Crippen LogP contribution in [0.25, 0.3) is 11.6 Å². The maximum absolute atomic E-state index is 13.4. The molecule has 0 radical (unpaired) electrons. The van der Waals surface area contributed by atoms with Crippen molar-refractivity contribution < 1.29 is 13.2 Å². The molecule has 0 aliphatic carbocycles. The Hall–Kier alpha value is -2.70. The molecule has 3 rings (SSSR count). The molecule has 5 nitrogen and oxygen atoms in total. The van der Waals surface area contributed by atoms with Crippen molar-refractivity contribution in [2.75, 3.05) is 5.32 Å². The van der Waals surface area contributed by atoms with E-state index < -0.39 is 11.6 Å². The quantitative estimate of drug-likeness (QED) is 0.761. The van der Waals surface area contributed by atoms with Crippen LogP contribution in [0.1, 0.15) is 0 Å². The Morgan fingerprint density at radius 2 is 1.84 bits per heavy atom. The van der Waals surface area contributed by atoms with Gasteiger partial charge in [-0.05, 0) is 24.3 Å². The summed E-state index contributed by atoms with van der Waals surface area (Å²) >= 11 is 0. The van der Waals surface area contributed by atoms with Crippen molar-refractivity contribution in [3.05, 3.63) is 48.2 Å². The summed E-state index contributed by atoms with van der Waals surface area (Å²) in [6.07, 6.45) is 1.70. The number of anilines is 2. The van der Waals surface area contributed by atoms with E-state index in [0.29, 0.717) is 5.69 Å². The molecule has 96 valence electrons. The summed E-state index contributed by atoms with van der Waals surface area (Å²) in [5, 5.41) is 9.85. The lowest BCUT2D eigenvalue weighted by molar-refractivity contribution is 0.569. The SMILES string of the molecule is Fc1cccc(F)c1Nc1nnc(-c2ccc[nH]2)o1. The fourth-order valence-electron chi connectivity index (χ4n) is 1.57. The number of aromatic amines is 1. The highest BCUT2D eigenvalue weighted by atomic mass is 19.1. The molecular weight excluding hydrogens is 254 g/mol. The van der Waals surface area contributed by atoms with Crippen LogP contribution >= 0.6 is 0 Å². The van der Waals surface area contributed by atoms with Crippen LogP contribution in [-0.2, 0) is 0 Å². The van der Waals surface area contributed by atoms with Gasteiger partial charge in [-0.3, -0.25) is 0 Å². The number of benzene rings is 1. The summed E-state index contributed by atoms with van der Waals surface area (Å²) in [4.78, 5) is 2.88. The third-order valence-electron chi connectivity index (χ3n) is 2.45. The molecule has 0 bridgehead atoms. The minimum Gasteiger partial charge on any atom is -0.402 e. The van der Waals surface area contributed by atoms with E-state index in [9.17, 15) is 8.78 Å². The van der Waals surface area contributed by atoms with Gasteiger partial charge in [0.05, 0.1) is 0 Å². The van der Waals surface area contributed by atoms with Gasteiger partial charge in [0.15, 0.2) is 0 Å². The third kappa shape index (κ3) is 2.17. The maximum atomic E-state index is 13.4. The van der Waals surface area contributed by atoms with Crippen LogP contribution in [0.15, 0.2) is 40.9 Å². The molecule has 0 aliphatic rings. The standard InChI is InChI=1S/C12H8F2N4O/c13-7-3-1-4-8(14)10(7)16-12-18-17-11(19-12)9-5-2-6-15-9/h1-6,15H,(H,16,18). The molecular formula is C12H8F2N4O. The second-order valence-corrected chi connectivity index (χ2v) is 3.72. The number of aromatic nitrogens is 3. The lowest BCUT2D eigenvalue weighted by Gasteiger charge is -2.03. The molecule has 0 spiro atoms. The molecule has 2 heterocycles. The average Bonchev–Trinajstić information content (AvgIpc) is 3.04. The number of nitrogens with one attached hydrogen (secondary N) is 2. The van der Waals surface area contributed by atoms with E-state index in [4.69, 9.17) is 4.42 Å². The zero-order valence-corrected chi connectivity index (χ0v) is 9.52. The predicted molar refractivity (Wildman–Crippen MR) is 63.7 cm³/mol. The largest absolute Gasteiger partial charge is 0.402 e. The van der Waals surface area contributed by atoms with Gasteiger partial charge in [-0.15, -0.1) is 5.10 Å². The first-order valence-corrected chi connectivity index (χ1v) is 5.42. The summed E-state index contributed by atoms with van der Waals surface area (Å²) in [6, 6.07) is 6.95. The number of rotatable bonds is 3. The van der Waals surface area contributed by atoms with Gasteiger partial charge in [-0.1, -0.05) is 11.2 Å². The van der Waals surface area contributed by atoms with Crippen LogP contribution < -0.4 is 5.32 Å². The molecule has 0 fully saturated rings. The zero-order valence-electron chi connectivity index (χ0n) is 9.52. The highest BCUT2D eigenvalue weighted by Crippen LogP contribution is 2.24. The van der Waals surface area contributed by atoms with Gasteiger partial charge in [-0.2, -0.15) is 0 Å². The number of hydrogen-bond donors (Lipinski definition) is 2. The van der Waals surface area contributed by atoms with Crippen LogP contribution in [-0.4, -0.2) is 15.2 Å². The first kappa shape index (κ1) is 11.4. The zero-order chi connectivity index (χ0) is 13.2. The normalized spacial score (nSPS) is 10.6. The lowest BCUT2D eigenvalue weighted by atomic mass is 10.3. The fraction of sp³-hybridized carbons (Fsp3) is 0. The molecule has 2 N–H and O–H groups in total. The van der Waals surface area contributed by atoms with Crippen molar-refractivity contribution in [2.45, 2.75) is 0 Å². The minimum absolute atomic E-state index is 0.0893. The van der Waals surface area contributed by atoms with Gasteiger partial charge in [0.2, 0.25) is 0 Å². The molecule has 0 unspecified atom stereocenters. The van der Waals surface area contributed by atoms with Gasteiger partial charge in [0, 0.05) is 6.20 Å². The molecule has 0 amide bonds. The fourth-order valence-corrected chi connectivity index (χ4v) is 1.57. The van der Waals surface area contributed by atoms with E-state index in [0.717, 1.165) is 12.1 Å². The van der Waals surface area contributed by atoms with Gasteiger partial charge >= 0.3 is 6.01 Å². The van der Waals surface area contributed by atoms with Gasteiger partial charge in [0.1, 0.15) is 23.0 Å². The Morgan fingerprint density at radius 3 is 2.53 bits per heavy atom. The third-order valence-corrected chi connectivity index (χ3v) is 2.45. The van der Waals surface area contributed by atoms with Crippen molar-refractivity contribution in [3.63, 3.8) is 0 Å². The van der Waals surface area contributed by atoms with Gasteiger partial charge in [-0.25, -0.2) is 8.78 Å². The Kier molecular flexibility index (Phi) is 2.71. The van der Waals surface area contributed by atoms with E-state index in [-0.39, 0.29) is 17.6 Å². The lowest BCUT2D eigenvalue weighted by Crippen LogP contribution is -1.97. The topological polar surface area (TPSA) is 66.7 Å². The Balaban J connectivity index is 1.88. The number of hydrogen-bond acceptors (Lipinski definition) is 4. The van der Waals surface area contributed by atoms with E-state index in [1.807, 2.05) is 0 Å². The maximum Gasteiger partial charge on any atom is 0.320 e. The molecule has 7 heteroatoms. The number of nitrogens with zero attached hydrogens (tertiary/aromatic N) is 2. The predicted octanol–water partition coefficient (Wildman–Crippen LogP) is 3.09. The second kappa shape index (κ2) is 4.52. The molecule has 0 saturated carbocycles. The molecule has 0 saturated heterocycles. The second-order valence-electron chi connectivity index (χ2n) is 3.72. The highest BCUT2D eigenvalue weighted by Gasteiger charge is 2.13. The van der Waals surface area contributed by atoms with E-state index in [2.05, 4.69) is 20.5 Å². The molecule has 19 heavy (non-hydrogen) atoms. The van der Waals surface area contributed by atoms with Gasteiger partial charge in [0.25, 0.3) is 5.89 Å². The van der Waals surface area contributed by atoms with Crippen molar-refractivity contribution in [1.29, 1.82) is 0 Å². The van der Waals surface area contributed by atoms with Crippen molar-refractivity contribution in [3.8, 4) is 11.6 Å². The molecule has 1 aromatic carbocycles. The molecule has 0 atom stereocenters. The number of para-hydroxylation sites is 1. The molecule has 2 aromatic heterocycles. The van der Waals surface area contributed by atoms with Gasteiger partial charge < -0.3 is 14.7 Å². The van der Waals surface area contributed by atoms with Crippen LogP contribution in [0.3, 0.4) is 0 Å². The van der Waals surface area contributed by atoms with Crippen LogP contribution in [0.4, 0.5) is 20.5 Å².